The molecule has 1 aliphatic carbocycles. The summed E-state index contributed by atoms with van der Waals surface area (Å²) in [5.74, 6) is -1.63. The third-order valence-electron chi connectivity index (χ3n) is 4.63. The van der Waals surface area contributed by atoms with E-state index in [2.05, 4.69) is 16.2 Å². The Morgan fingerprint density at radius 1 is 1.10 bits per heavy atom. The topological polar surface area (TPSA) is 130 Å². The van der Waals surface area contributed by atoms with Crippen LogP contribution in [0.3, 0.4) is 0 Å². The van der Waals surface area contributed by atoms with Gasteiger partial charge in [0.2, 0.25) is 5.91 Å². The zero-order valence-corrected chi connectivity index (χ0v) is 17.6. The number of rotatable bonds is 4. The minimum atomic E-state index is -0.659. The van der Waals surface area contributed by atoms with Gasteiger partial charge >= 0.3 is 0 Å². The summed E-state index contributed by atoms with van der Waals surface area (Å²) < 4.78 is 0. The van der Waals surface area contributed by atoms with Crippen molar-refractivity contribution in [2.75, 3.05) is 5.32 Å². The van der Waals surface area contributed by atoms with Crippen molar-refractivity contribution in [2.45, 2.75) is 39.0 Å². The number of hydrazine groups is 1. The third kappa shape index (κ3) is 4.77. The average molecular weight is 451 g/mol. The number of nitrogens with zero attached hydrogens (tertiary/aromatic N) is 1. The van der Waals surface area contributed by atoms with E-state index in [1.165, 1.54) is 30.4 Å². The Hall–Kier alpha value is -2.98. The first-order valence-electron chi connectivity index (χ1n) is 9.24. The summed E-state index contributed by atoms with van der Waals surface area (Å²) in [6.45, 7) is 1.27. The number of nitro groups is 1. The summed E-state index contributed by atoms with van der Waals surface area (Å²) >= 11 is 7.36. The molecule has 3 amide bonds. The zero-order valence-electron chi connectivity index (χ0n) is 16.0. The van der Waals surface area contributed by atoms with Gasteiger partial charge < -0.3 is 5.32 Å². The van der Waals surface area contributed by atoms with E-state index in [1.54, 1.807) is 0 Å². The number of hydrogen-bond acceptors (Lipinski definition) is 6. The highest BCUT2D eigenvalue weighted by atomic mass is 35.5. The number of nitro benzene ring substituents is 1. The molecule has 30 heavy (non-hydrogen) atoms. The number of hydrogen-bond donors (Lipinski definition) is 3. The van der Waals surface area contributed by atoms with Crippen molar-refractivity contribution in [1.29, 1.82) is 0 Å². The Balaban J connectivity index is 1.96. The van der Waals surface area contributed by atoms with Crippen molar-refractivity contribution in [2.24, 2.45) is 0 Å². The number of thiophene rings is 1. The summed E-state index contributed by atoms with van der Waals surface area (Å²) in [6, 6.07) is 3.58. The molecule has 3 N–H and O–H groups in total. The lowest BCUT2D eigenvalue weighted by Gasteiger charge is -2.10. The van der Waals surface area contributed by atoms with Gasteiger partial charge in [-0.2, -0.15) is 0 Å². The monoisotopic (exact) mass is 450 g/mol. The van der Waals surface area contributed by atoms with Gasteiger partial charge in [-0.3, -0.25) is 35.3 Å². The van der Waals surface area contributed by atoms with Gasteiger partial charge in [-0.25, -0.2) is 0 Å². The molecule has 1 aliphatic rings. The number of non-ortho nitro benzene ring substituents is 1. The van der Waals surface area contributed by atoms with Gasteiger partial charge in [0.15, 0.2) is 0 Å². The number of carbonyl (C=O) groups excluding carboxylic acids is 3. The smallest absolute Gasteiger partial charge is 0.272 e. The fourth-order valence-electron chi connectivity index (χ4n) is 3.25. The van der Waals surface area contributed by atoms with Crippen molar-refractivity contribution < 1.29 is 19.3 Å². The summed E-state index contributed by atoms with van der Waals surface area (Å²) in [4.78, 5) is 48.2. The average Bonchev–Trinajstić information content (AvgIpc) is 2.86. The van der Waals surface area contributed by atoms with Crippen LogP contribution < -0.4 is 16.2 Å². The second kappa shape index (κ2) is 9.23. The maximum Gasteiger partial charge on any atom is 0.272 e. The Bertz CT molecular complexity index is 1040. The molecule has 9 nitrogen and oxygen atoms in total. The van der Waals surface area contributed by atoms with Crippen molar-refractivity contribution in [1.82, 2.24) is 10.9 Å². The van der Waals surface area contributed by atoms with Crippen molar-refractivity contribution in [3.63, 3.8) is 0 Å². The summed E-state index contributed by atoms with van der Waals surface area (Å²) in [7, 11) is 0. The number of nitrogens with one attached hydrogen (secondary N) is 3. The van der Waals surface area contributed by atoms with Crippen molar-refractivity contribution in [3.8, 4) is 0 Å². The normalized spacial score (nSPS) is 13.0. The summed E-state index contributed by atoms with van der Waals surface area (Å²) in [5.41, 5.74) is 5.40. The first kappa shape index (κ1) is 21.7. The SMILES string of the molecule is CC(=O)NNC(=O)c1c(NC(=O)c2cc([N+](=O)[O-])ccc2Cl)sc2c1CCCCC2. The fourth-order valence-corrected chi connectivity index (χ4v) is 4.73. The molecule has 0 radical (unpaired) electrons. The summed E-state index contributed by atoms with van der Waals surface area (Å²) in [6.07, 6.45) is 4.40. The molecule has 0 spiro atoms. The van der Waals surface area contributed by atoms with Crippen LogP contribution in [0.1, 0.15) is 57.3 Å². The van der Waals surface area contributed by atoms with Gasteiger partial charge in [-0.1, -0.05) is 18.0 Å². The first-order chi connectivity index (χ1) is 14.3. The minimum Gasteiger partial charge on any atom is -0.313 e. The van der Waals surface area contributed by atoms with E-state index in [0.717, 1.165) is 42.2 Å². The largest absolute Gasteiger partial charge is 0.313 e. The predicted octanol–water partition coefficient (Wildman–Crippen LogP) is 3.61. The van der Waals surface area contributed by atoms with Gasteiger partial charge in [0.05, 0.1) is 21.1 Å². The van der Waals surface area contributed by atoms with Crippen LogP contribution in [0.5, 0.6) is 0 Å². The number of amides is 3. The Morgan fingerprint density at radius 3 is 2.53 bits per heavy atom. The van der Waals surface area contributed by atoms with E-state index in [1.807, 2.05) is 0 Å². The standard InChI is InChI=1S/C19H19ClN4O5S/c1-10(25)22-23-18(27)16-12-5-3-2-4-6-15(12)30-19(16)21-17(26)13-9-11(24(28)29)7-8-14(13)20/h7-9H,2-6H2,1H3,(H,21,26)(H,22,25)(H,23,27). The fraction of sp³-hybridized carbons (Fsp3) is 0.316. The lowest BCUT2D eigenvalue weighted by molar-refractivity contribution is -0.384. The van der Waals surface area contributed by atoms with Crippen LogP contribution in [0.15, 0.2) is 18.2 Å². The molecule has 2 aromatic rings. The molecule has 0 fully saturated rings. The molecule has 0 bridgehead atoms. The maximum absolute atomic E-state index is 12.8. The van der Waals surface area contributed by atoms with Gasteiger partial charge in [-0.05, 0) is 37.3 Å². The van der Waals surface area contributed by atoms with E-state index in [-0.39, 0.29) is 16.3 Å². The van der Waals surface area contributed by atoms with Crippen LogP contribution in [0, 0.1) is 10.1 Å². The van der Waals surface area contributed by atoms with E-state index in [4.69, 9.17) is 11.6 Å². The van der Waals surface area contributed by atoms with E-state index in [9.17, 15) is 24.5 Å². The molecule has 1 aromatic heterocycles. The van der Waals surface area contributed by atoms with E-state index in [0.29, 0.717) is 17.0 Å². The van der Waals surface area contributed by atoms with Gasteiger partial charge in [0, 0.05) is 23.9 Å². The second-order valence-corrected chi connectivity index (χ2v) is 8.29. The third-order valence-corrected chi connectivity index (χ3v) is 6.17. The van der Waals surface area contributed by atoms with Crippen LogP contribution in [-0.4, -0.2) is 22.6 Å². The van der Waals surface area contributed by atoms with Crippen molar-refractivity contribution >= 4 is 51.3 Å². The molecule has 3 rings (SSSR count). The van der Waals surface area contributed by atoms with Crippen LogP contribution in [0.25, 0.3) is 0 Å². The molecule has 158 valence electrons. The molecular formula is C19H19ClN4O5S. The van der Waals surface area contributed by atoms with E-state index >= 15 is 0 Å². The summed E-state index contributed by atoms with van der Waals surface area (Å²) in [5, 5.41) is 14.1. The number of fused-ring (bicyclic) bond motifs is 1. The van der Waals surface area contributed by atoms with Crippen LogP contribution in [-0.2, 0) is 17.6 Å². The molecule has 1 heterocycles. The molecule has 0 atom stereocenters. The number of benzene rings is 1. The van der Waals surface area contributed by atoms with Crippen LogP contribution in [0.2, 0.25) is 5.02 Å². The molecule has 0 aliphatic heterocycles. The van der Waals surface area contributed by atoms with Crippen LogP contribution >= 0.6 is 22.9 Å². The highest BCUT2D eigenvalue weighted by molar-refractivity contribution is 7.17. The quantitative estimate of drug-likeness (QED) is 0.372. The highest BCUT2D eigenvalue weighted by Crippen LogP contribution is 2.38. The second-order valence-electron chi connectivity index (χ2n) is 6.78. The lowest BCUT2D eigenvalue weighted by atomic mass is 10.0. The Kier molecular flexibility index (Phi) is 6.68. The molecule has 0 unspecified atom stereocenters. The zero-order chi connectivity index (χ0) is 21.8. The van der Waals surface area contributed by atoms with Gasteiger partial charge in [0.1, 0.15) is 5.00 Å². The predicted molar refractivity (Wildman–Crippen MR) is 113 cm³/mol. The maximum atomic E-state index is 12.8. The molecule has 11 heteroatoms. The molecular weight excluding hydrogens is 432 g/mol. The molecule has 1 aromatic carbocycles. The Morgan fingerprint density at radius 2 is 1.83 bits per heavy atom. The minimum absolute atomic E-state index is 0.0560. The molecule has 0 saturated heterocycles. The lowest BCUT2D eigenvalue weighted by Crippen LogP contribution is -2.40. The first-order valence-corrected chi connectivity index (χ1v) is 10.4. The number of halogens is 1. The molecule has 0 saturated carbocycles. The Labute approximate surface area is 180 Å². The van der Waals surface area contributed by atoms with E-state index < -0.39 is 22.6 Å². The van der Waals surface area contributed by atoms with Crippen molar-refractivity contribution in [3.05, 3.63) is 54.9 Å². The van der Waals surface area contributed by atoms with Gasteiger partial charge in [-0.15, -0.1) is 11.3 Å². The highest BCUT2D eigenvalue weighted by Gasteiger charge is 2.27. The van der Waals surface area contributed by atoms with Crippen LogP contribution in [0.4, 0.5) is 10.7 Å². The van der Waals surface area contributed by atoms with Gasteiger partial charge in [0.25, 0.3) is 17.5 Å². The number of carbonyl (C=O) groups is 3. The number of anilines is 1. The number of aryl methyl sites for hydroxylation is 1.